The lowest BCUT2D eigenvalue weighted by Crippen LogP contribution is -2.54. The van der Waals surface area contributed by atoms with Gasteiger partial charge in [-0.05, 0) is 63.6 Å². The SMILES string of the molecule is C[C@@H](C(=O)NC(C)(C)C)N(Cc1ccc(Cl)cc1)C(=O)CN(c1ccc(Cl)c(Cl)c1)S(C)(=O)=O. The third-order valence-electron chi connectivity index (χ3n) is 4.80. The first kappa shape index (κ1) is 28.2. The maximum Gasteiger partial charge on any atom is 0.244 e. The van der Waals surface area contributed by atoms with Crippen LogP contribution < -0.4 is 9.62 Å². The van der Waals surface area contributed by atoms with Gasteiger partial charge in [0.1, 0.15) is 12.6 Å². The van der Waals surface area contributed by atoms with Crippen LogP contribution in [0.25, 0.3) is 0 Å². The molecular formula is C23H28Cl3N3O4S. The van der Waals surface area contributed by atoms with Crippen molar-refractivity contribution < 1.29 is 18.0 Å². The van der Waals surface area contributed by atoms with Gasteiger partial charge in [-0.15, -0.1) is 0 Å². The molecule has 0 saturated carbocycles. The summed E-state index contributed by atoms with van der Waals surface area (Å²) in [7, 11) is -3.86. The van der Waals surface area contributed by atoms with E-state index in [1.54, 1.807) is 31.2 Å². The fourth-order valence-corrected chi connectivity index (χ4v) is 4.36. The second-order valence-corrected chi connectivity index (χ2v) is 12.1. The van der Waals surface area contributed by atoms with Crippen molar-refractivity contribution in [2.75, 3.05) is 17.1 Å². The Kier molecular flexibility index (Phi) is 9.27. The average molecular weight is 549 g/mol. The number of halogens is 3. The van der Waals surface area contributed by atoms with Crippen LogP contribution in [0.1, 0.15) is 33.3 Å². The molecule has 0 heterocycles. The first-order valence-corrected chi connectivity index (χ1v) is 13.4. The number of amides is 2. The van der Waals surface area contributed by atoms with E-state index in [1.807, 2.05) is 20.8 Å². The second-order valence-electron chi connectivity index (χ2n) is 8.93. The number of benzene rings is 2. The van der Waals surface area contributed by atoms with Crippen LogP contribution in [0.3, 0.4) is 0 Å². The molecule has 0 aliphatic heterocycles. The zero-order chi connectivity index (χ0) is 25.8. The highest BCUT2D eigenvalue weighted by Gasteiger charge is 2.31. The lowest BCUT2D eigenvalue weighted by molar-refractivity contribution is -0.140. The summed E-state index contributed by atoms with van der Waals surface area (Å²) in [6.45, 7) is 6.64. The van der Waals surface area contributed by atoms with Gasteiger partial charge in [0, 0.05) is 17.1 Å². The van der Waals surface area contributed by atoms with Crippen LogP contribution >= 0.6 is 34.8 Å². The Hall–Kier alpha value is -2.00. The summed E-state index contributed by atoms with van der Waals surface area (Å²) in [5.74, 6) is -0.932. The highest BCUT2D eigenvalue weighted by molar-refractivity contribution is 7.92. The van der Waals surface area contributed by atoms with Gasteiger partial charge in [0.05, 0.1) is 22.0 Å². The summed E-state index contributed by atoms with van der Waals surface area (Å²) in [6.07, 6.45) is 0.988. The smallest absolute Gasteiger partial charge is 0.244 e. The molecule has 0 saturated heterocycles. The molecule has 0 aliphatic carbocycles. The minimum Gasteiger partial charge on any atom is -0.350 e. The first-order chi connectivity index (χ1) is 15.6. The molecule has 0 bridgehead atoms. The number of nitrogens with one attached hydrogen (secondary N) is 1. The molecule has 1 N–H and O–H groups in total. The van der Waals surface area contributed by atoms with Crippen LogP contribution in [0.4, 0.5) is 5.69 Å². The zero-order valence-corrected chi connectivity index (χ0v) is 22.7. The molecule has 2 aromatic rings. The van der Waals surface area contributed by atoms with Gasteiger partial charge in [0.25, 0.3) is 0 Å². The minimum absolute atomic E-state index is 0.0771. The number of nitrogens with zero attached hydrogens (tertiary/aromatic N) is 2. The van der Waals surface area contributed by atoms with Gasteiger partial charge in [0.2, 0.25) is 21.8 Å². The van der Waals surface area contributed by atoms with Crippen molar-refractivity contribution in [2.24, 2.45) is 0 Å². The maximum atomic E-state index is 13.5. The minimum atomic E-state index is -3.86. The number of sulfonamides is 1. The van der Waals surface area contributed by atoms with Gasteiger partial charge < -0.3 is 10.2 Å². The summed E-state index contributed by atoms with van der Waals surface area (Å²) >= 11 is 18.0. The van der Waals surface area contributed by atoms with Crippen LogP contribution in [-0.4, -0.2) is 49.5 Å². The topological polar surface area (TPSA) is 86.8 Å². The van der Waals surface area contributed by atoms with Gasteiger partial charge in [-0.3, -0.25) is 13.9 Å². The van der Waals surface area contributed by atoms with Crippen LogP contribution in [0.2, 0.25) is 15.1 Å². The van der Waals surface area contributed by atoms with E-state index in [9.17, 15) is 18.0 Å². The van der Waals surface area contributed by atoms with Crippen LogP contribution in [0.5, 0.6) is 0 Å². The lowest BCUT2D eigenvalue weighted by Gasteiger charge is -2.33. The van der Waals surface area contributed by atoms with E-state index in [0.717, 1.165) is 16.1 Å². The molecule has 7 nitrogen and oxygen atoms in total. The Morgan fingerprint density at radius 2 is 1.59 bits per heavy atom. The number of carbonyl (C=O) groups excluding carboxylic acids is 2. The van der Waals surface area contributed by atoms with E-state index in [1.165, 1.54) is 23.1 Å². The summed E-state index contributed by atoms with van der Waals surface area (Å²) in [4.78, 5) is 27.7. The van der Waals surface area contributed by atoms with Gasteiger partial charge in [-0.1, -0.05) is 46.9 Å². The number of hydrogen-bond acceptors (Lipinski definition) is 4. The van der Waals surface area contributed by atoms with E-state index in [0.29, 0.717) is 5.02 Å². The molecule has 1 atom stereocenters. The summed E-state index contributed by atoms with van der Waals surface area (Å²) < 4.78 is 26.0. The molecule has 0 unspecified atom stereocenters. The predicted molar refractivity (Wildman–Crippen MR) is 138 cm³/mol. The standard InChI is InChI=1S/C23H28Cl3N3O4S/c1-15(22(31)27-23(2,3)4)28(13-16-6-8-17(24)9-7-16)21(30)14-29(34(5,32)33)18-10-11-19(25)20(26)12-18/h6-12,15H,13-14H2,1-5H3,(H,27,31)/t15-/m0/s1. The normalized spacial score (nSPS) is 12.7. The number of rotatable bonds is 8. The van der Waals surface area contributed by atoms with E-state index in [4.69, 9.17) is 34.8 Å². The molecule has 0 spiro atoms. The van der Waals surface area contributed by atoms with Crippen molar-refractivity contribution >= 4 is 62.3 Å². The van der Waals surface area contributed by atoms with Crippen LogP contribution in [-0.2, 0) is 26.2 Å². The predicted octanol–water partition coefficient (Wildman–Crippen LogP) is 4.74. The molecule has 11 heteroatoms. The van der Waals surface area contributed by atoms with Crippen LogP contribution in [0, 0.1) is 0 Å². The van der Waals surface area contributed by atoms with Gasteiger partial charge in [-0.25, -0.2) is 8.42 Å². The van der Waals surface area contributed by atoms with E-state index >= 15 is 0 Å². The molecule has 0 radical (unpaired) electrons. The fraction of sp³-hybridized carbons (Fsp3) is 0.391. The van der Waals surface area contributed by atoms with Gasteiger partial charge in [0.15, 0.2) is 0 Å². The number of carbonyl (C=O) groups is 2. The largest absolute Gasteiger partial charge is 0.350 e. The summed E-state index contributed by atoms with van der Waals surface area (Å²) in [6, 6.07) is 10.2. The van der Waals surface area contributed by atoms with Crippen LogP contribution in [0.15, 0.2) is 42.5 Å². The molecule has 2 rings (SSSR count). The highest BCUT2D eigenvalue weighted by Crippen LogP contribution is 2.28. The number of hydrogen-bond donors (Lipinski definition) is 1. The van der Waals surface area contributed by atoms with Crippen molar-refractivity contribution in [3.05, 3.63) is 63.1 Å². The Morgan fingerprint density at radius 3 is 2.09 bits per heavy atom. The second kappa shape index (κ2) is 11.2. The first-order valence-electron chi connectivity index (χ1n) is 10.4. The molecule has 0 aromatic heterocycles. The van der Waals surface area contributed by atoms with Crippen molar-refractivity contribution in [3.63, 3.8) is 0 Å². The summed E-state index contributed by atoms with van der Waals surface area (Å²) in [5.41, 5.74) is 0.399. The molecule has 2 aromatic carbocycles. The van der Waals surface area contributed by atoms with Crippen molar-refractivity contribution in [1.82, 2.24) is 10.2 Å². The fourth-order valence-electron chi connectivity index (χ4n) is 3.10. The highest BCUT2D eigenvalue weighted by atomic mass is 35.5. The van der Waals surface area contributed by atoms with Gasteiger partial charge >= 0.3 is 0 Å². The third kappa shape index (κ3) is 8.05. The lowest BCUT2D eigenvalue weighted by atomic mass is 10.1. The Morgan fingerprint density at radius 1 is 1.00 bits per heavy atom. The Bertz CT molecular complexity index is 1150. The zero-order valence-electron chi connectivity index (χ0n) is 19.6. The van der Waals surface area contributed by atoms with E-state index in [2.05, 4.69) is 5.32 Å². The molecule has 0 aliphatic rings. The monoisotopic (exact) mass is 547 g/mol. The van der Waals surface area contributed by atoms with Crippen molar-refractivity contribution in [1.29, 1.82) is 0 Å². The molecule has 0 fully saturated rings. The molecular weight excluding hydrogens is 521 g/mol. The van der Waals surface area contributed by atoms with E-state index < -0.39 is 34.1 Å². The maximum absolute atomic E-state index is 13.5. The molecule has 186 valence electrons. The summed E-state index contributed by atoms with van der Waals surface area (Å²) in [5, 5.41) is 3.79. The van der Waals surface area contributed by atoms with Crippen molar-refractivity contribution in [3.8, 4) is 0 Å². The average Bonchev–Trinajstić information content (AvgIpc) is 2.71. The molecule has 34 heavy (non-hydrogen) atoms. The van der Waals surface area contributed by atoms with Crippen molar-refractivity contribution in [2.45, 2.75) is 45.8 Å². The number of anilines is 1. The third-order valence-corrected chi connectivity index (χ3v) is 6.93. The Labute approximate surface area is 216 Å². The molecule has 2 amide bonds. The Balaban J connectivity index is 2.41. The quantitative estimate of drug-likeness (QED) is 0.516. The van der Waals surface area contributed by atoms with E-state index in [-0.39, 0.29) is 28.2 Å². The van der Waals surface area contributed by atoms with Gasteiger partial charge in [-0.2, -0.15) is 0 Å².